The highest BCUT2D eigenvalue weighted by atomic mass is 28.3. The molecule has 90 valence electrons. The average molecular weight is 242 g/mol. The molecule has 0 amide bonds. The van der Waals surface area contributed by atoms with Gasteiger partial charge in [-0.15, -0.1) is 0 Å². The molecular weight excluding hydrogens is 220 g/mol. The van der Waals surface area contributed by atoms with Gasteiger partial charge < -0.3 is 0 Å². The van der Waals surface area contributed by atoms with Gasteiger partial charge in [0.15, 0.2) is 0 Å². The van der Waals surface area contributed by atoms with Crippen LogP contribution >= 0.6 is 0 Å². The monoisotopic (exact) mass is 242 g/mol. The highest BCUT2D eigenvalue weighted by molar-refractivity contribution is 6.92. The molecule has 1 aromatic carbocycles. The Kier molecular flexibility index (Phi) is 3.39. The third-order valence-electron chi connectivity index (χ3n) is 4.23. The van der Waals surface area contributed by atoms with Crippen LogP contribution in [-0.2, 0) is 0 Å². The minimum atomic E-state index is -1.42. The molecule has 0 N–H and O–H groups in total. The van der Waals surface area contributed by atoms with E-state index in [1.165, 1.54) is 11.6 Å². The molecule has 0 radical (unpaired) electrons. The van der Waals surface area contributed by atoms with Crippen LogP contribution in [0.25, 0.3) is 0 Å². The SMILES string of the molecule is CC[Si](C)(c1ccccc1)C1C=C(C)C=C1C. The van der Waals surface area contributed by atoms with Crippen molar-refractivity contribution >= 4 is 13.3 Å². The Labute approximate surface area is 106 Å². The van der Waals surface area contributed by atoms with Gasteiger partial charge >= 0.3 is 0 Å². The van der Waals surface area contributed by atoms with Crippen molar-refractivity contribution in [3.8, 4) is 0 Å². The number of hydrogen-bond acceptors (Lipinski definition) is 0. The zero-order valence-electron chi connectivity index (χ0n) is 11.3. The molecule has 1 heteroatoms. The smallest absolute Gasteiger partial charge is 0.0768 e. The number of hydrogen-bond donors (Lipinski definition) is 0. The zero-order valence-corrected chi connectivity index (χ0v) is 12.3. The second kappa shape index (κ2) is 4.65. The lowest BCUT2D eigenvalue weighted by Crippen LogP contribution is -2.47. The Balaban J connectivity index is 2.43. The summed E-state index contributed by atoms with van der Waals surface area (Å²) in [5.41, 5.74) is 3.69. The molecule has 0 nitrogen and oxygen atoms in total. The molecule has 17 heavy (non-hydrogen) atoms. The van der Waals surface area contributed by atoms with Crippen LogP contribution < -0.4 is 5.19 Å². The first-order valence-electron chi connectivity index (χ1n) is 6.50. The molecule has 1 aliphatic carbocycles. The summed E-state index contributed by atoms with van der Waals surface area (Å²) in [5, 5.41) is 1.59. The average Bonchev–Trinajstić information content (AvgIpc) is 2.69. The van der Waals surface area contributed by atoms with E-state index in [2.05, 4.69) is 69.8 Å². The van der Waals surface area contributed by atoms with Gasteiger partial charge in [0.05, 0.1) is 8.07 Å². The van der Waals surface area contributed by atoms with Crippen molar-refractivity contribution in [3.05, 3.63) is 53.6 Å². The second-order valence-corrected chi connectivity index (χ2v) is 10.2. The summed E-state index contributed by atoms with van der Waals surface area (Å²) in [5.74, 6) is 0. The molecule has 2 atom stereocenters. The summed E-state index contributed by atoms with van der Waals surface area (Å²) in [4.78, 5) is 0. The van der Waals surface area contributed by atoms with Crippen LogP contribution in [0.4, 0.5) is 0 Å². The first-order chi connectivity index (χ1) is 8.08. The van der Waals surface area contributed by atoms with E-state index in [-0.39, 0.29) is 0 Å². The Morgan fingerprint density at radius 2 is 1.76 bits per heavy atom. The summed E-state index contributed by atoms with van der Waals surface area (Å²) >= 11 is 0. The van der Waals surface area contributed by atoms with E-state index >= 15 is 0 Å². The first kappa shape index (κ1) is 12.4. The van der Waals surface area contributed by atoms with Gasteiger partial charge in [0.25, 0.3) is 0 Å². The maximum Gasteiger partial charge on any atom is 0.0942 e. The lowest BCUT2D eigenvalue weighted by molar-refractivity contribution is 1.14. The second-order valence-electron chi connectivity index (χ2n) is 5.41. The highest BCUT2D eigenvalue weighted by Crippen LogP contribution is 2.38. The molecule has 0 fully saturated rings. The van der Waals surface area contributed by atoms with Crippen molar-refractivity contribution in [2.24, 2.45) is 0 Å². The van der Waals surface area contributed by atoms with Crippen molar-refractivity contribution in [2.75, 3.05) is 0 Å². The molecule has 1 aliphatic rings. The molecular formula is C16H22Si. The van der Waals surface area contributed by atoms with Crippen molar-refractivity contribution in [1.82, 2.24) is 0 Å². The molecule has 2 unspecified atom stereocenters. The molecule has 0 saturated carbocycles. The fourth-order valence-electron chi connectivity index (χ4n) is 3.00. The van der Waals surface area contributed by atoms with Gasteiger partial charge in [-0.1, -0.05) is 78.3 Å². The summed E-state index contributed by atoms with van der Waals surface area (Å²) in [6, 6.07) is 12.4. The van der Waals surface area contributed by atoms with E-state index in [1.54, 1.807) is 10.8 Å². The number of benzene rings is 1. The fraction of sp³-hybridized carbons (Fsp3) is 0.375. The summed E-state index contributed by atoms with van der Waals surface area (Å²) in [6.07, 6.45) is 4.84. The van der Waals surface area contributed by atoms with Crippen molar-refractivity contribution in [3.63, 3.8) is 0 Å². The van der Waals surface area contributed by atoms with Crippen LogP contribution in [-0.4, -0.2) is 8.07 Å². The zero-order chi connectivity index (χ0) is 12.5. The van der Waals surface area contributed by atoms with Gasteiger partial charge in [-0.05, 0) is 19.4 Å². The fourth-order valence-corrected chi connectivity index (χ4v) is 6.88. The van der Waals surface area contributed by atoms with Gasteiger partial charge in [-0.3, -0.25) is 0 Å². The topological polar surface area (TPSA) is 0 Å². The quantitative estimate of drug-likeness (QED) is 0.694. The van der Waals surface area contributed by atoms with Gasteiger partial charge in [0, 0.05) is 0 Å². The van der Waals surface area contributed by atoms with Crippen LogP contribution in [0.3, 0.4) is 0 Å². The minimum Gasteiger partial charge on any atom is -0.0768 e. The summed E-state index contributed by atoms with van der Waals surface area (Å²) < 4.78 is 0. The molecule has 0 spiro atoms. The summed E-state index contributed by atoms with van der Waals surface area (Å²) in [6.45, 7) is 9.40. The summed E-state index contributed by atoms with van der Waals surface area (Å²) in [7, 11) is -1.42. The maximum absolute atomic E-state index is 2.53. The third-order valence-corrected chi connectivity index (χ3v) is 9.35. The lowest BCUT2D eigenvalue weighted by atomic mass is 10.3. The molecule has 0 aromatic heterocycles. The van der Waals surface area contributed by atoms with Gasteiger partial charge in [0.2, 0.25) is 0 Å². The normalized spacial score (nSPS) is 22.9. The molecule has 0 bridgehead atoms. The van der Waals surface area contributed by atoms with Crippen molar-refractivity contribution < 1.29 is 0 Å². The predicted molar refractivity (Wildman–Crippen MR) is 79.4 cm³/mol. The molecule has 0 heterocycles. The number of allylic oxidation sites excluding steroid dienone is 4. The van der Waals surface area contributed by atoms with E-state index in [1.807, 2.05) is 0 Å². The van der Waals surface area contributed by atoms with Crippen molar-refractivity contribution in [1.29, 1.82) is 0 Å². The van der Waals surface area contributed by atoms with E-state index in [9.17, 15) is 0 Å². The molecule has 1 aromatic rings. The van der Waals surface area contributed by atoms with E-state index < -0.39 is 8.07 Å². The Morgan fingerprint density at radius 1 is 1.12 bits per heavy atom. The highest BCUT2D eigenvalue weighted by Gasteiger charge is 2.37. The van der Waals surface area contributed by atoms with Crippen molar-refractivity contribution in [2.45, 2.75) is 38.9 Å². The molecule has 0 saturated heterocycles. The van der Waals surface area contributed by atoms with E-state index in [0.717, 1.165) is 0 Å². The van der Waals surface area contributed by atoms with Crippen LogP contribution in [0.1, 0.15) is 20.8 Å². The minimum absolute atomic E-state index is 0.690. The van der Waals surface area contributed by atoms with Gasteiger partial charge in [0.1, 0.15) is 0 Å². The largest absolute Gasteiger partial charge is 0.0942 e. The van der Waals surface area contributed by atoms with Gasteiger partial charge in [-0.25, -0.2) is 0 Å². The molecule has 0 aliphatic heterocycles. The predicted octanol–water partition coefficient (Wildman–Crippen LogP) is 4.27. The Hall–Kier alpha value is -1.08. The molecule has 2 rings (SSSR count). The van der Waals surface area contributed by atoms with Crippen LogP contribution in [0.5, 0.6) is 0 Å². The van der Waals surface area contributed by atoms with E-state index in [4.69, 9.17) is 0 Å². The van der Waals surface area contributed by atoms with Gasteiger partial charge in [-0.2, -0.15) is 0 Å². The number of rotatable bonds is 3. The van der Waals surface area contributed by atoms with Crippen LogP contribution in [0.15, 0.2) is 53.6 Å². The van der Waals surface area contributed by atoms with Crippen LogP contribution in [0, 0.1) is 0 Å². The maximum atomic E-state index is 2.53. The third kappa shape index (κ3) is 2.16. The Morgan fingerprint density at radius 3 is 2.24 bits per heavy atom. The first-order valence-corrected chi connectivity index (χ1v) is 9.28. The van der Waals surface area contributed by atoms with E-state index in [0.29, 0.717) is 5.54 Å². The standard InChI is InChI=1S/C16H22Si/c1-5-17(4,15-9-7-6-8-10-15)16-12-13(2)11-14(16)3/h6-12,16H,5H2,1-4H3. The van der Waals surface area contributed by atoms with Crippen LogP contribution in [0.2, 0.25) is 18.1 Å². The Bertz CT molecular complexity index is 456. The lowest BCUT2D eigenvalue weighted by Gasteiger charge is -2.33.